The smallest absolute Gasteiger partial charge is 0.327 e. The average Bonchev–Trinajstić information content (AvgIpc) is 2.75. The van der Waals surface area contributed by atoms with Crippen molar-refractivity contribution in [3.63, 3.8) is 0 Å². The second kappa shape index (κ2) is 5.18. The van der Waals surface area contributed by atoms with Gasteiger partial charge in [-0.1, -0.05) is 18.2 Å². The van der Waals surface area contributed by atoms with Crippen LogP contribution in [0.5, 0.6) is 0 Å². The first-order chi connectivity index (χ1) is 8.65. The van der Waals surface area contributed by atoms with Gasteiger partial charge in [-0.15, -0.1) is 0 Å². The Morgan fingerprint density at radius 1 is 1.44 bits per heavy atom. The zero-order valence-electron chi connectivity index (χ0n) is 10.1. The Bertz CT molecular complexity index is 472. The van der Waals surface area contributed by atoms with E-state index in [1.54, 1.807) is 19.1 Å². The van der Waals surface area contributed by atoms with Gasteiger partial charge in [-0.2, -0.15) is 0 Å². The quantitative estimate of drug-likeness (QED) is 0.866. The summed E-state index contributed by atoms with van der Waals surface area (Å²) in [6.07, 6.45) is 0.351. The number of carboxylic acid groups (broad SMARTS) is 1. The fraction of sp³-hybridized carbons (Fsp3) is 0.385. The number of anilines is 1. The molecule has 0 aromatic heterocycles. The molecule has 0 unspecified atom stereocenters. The minimum atomic E-state index is -0.990. The predicted molar refractivity (Wildman–Crippen MR) is 65.5 cm³/mol. The van der Waals surface area contributed by atoms with E-state index in [1.165, 1.54) is 4.90 Å². The van der Waals surface area contributed by atoms with Crippen LogP contribution < -0.4 is 4.90 Å². The molecule has 0 saturated carbocycles. The molecular formula is C13H15NO4. The molecule has 0 spiro atoms. The molecule has 1 atom stereocenters. The number of fused-ring (bicyclic) bond motifs is 1. The van der Waals surface area contributed by atoms with Crippen molar-refractivity contribution in [3.8, 4) is 0 Å². The highest BCUT2D eigenvalue weighted by atomic mass is 16.5. The lowest BCUT2D eigenvalue weighted by atomic mass is 10.1. The van der Waals surface area contributed by atoms with Gasteiger partial charge in [-0.25, -0.2) is 4.79 Å². The topological polar surface area (TPSA) is 66.8 Å². The fourth-order valence-corrected chi connectivity index (χ4v) is 2.15. The average molecular weight is 249 g/mol. The van der Waals surface area contributed by atoms with Crippen molar-refractivity contribution in [1.29, 1.82) is 0 Å². The van der Waals surface area contributed by atoms with Crippen LogP contribution in [0.3, 0.4) is 0 Å². The van der Waals surface area contributed by atoms with Crippen LogP contribution in [0.1, 0.15) is 12.5 Å². The van der Waals surface area contributed by atoms with Crippen molar-refractivity contribution < 1.29 is 19.4 Å². The fourth-order valence-electron chi connectivity index (χ4n) is 2.15. The minimum absolute atomic E-state index is 0.0887. The Balaban J connectivity index is 2.28. The Kier molecular flexibility index (Phi) is 3.62. The number of benzene rings is 1. The van der Waals surface area contributed by atoms with Crippen LogP contribution in [0.25, 0.3) is 0 Å². The monoisotopic (exact) mass is 249 g/mol. The lowest BCUT2D eigenvalue weighted by molar-refractivity contribution is -0.140. The van der Waals surface area contributed by atoms with Crippen molar-refractivity contribution in [2.75, 3.05) is 18.1 Å². The molecule has 5 heteroatoms. The maximum absolute atomic E-state index is 12.0. The molecule has 0 radical (unpaired) electrons. The number of rotatable bonds is 4. The first-order valence-corrected chi connectivity index (χ1v) is 5.85. The van der Waals surface area contributed by atoms with E-state index >= 15 is 0 Å². The van der Waals surface area contributed by atoms with E-state index in [-0.39, 0.29) is 12.5 Å². The Morgan fingerprint density at radius 3 is 2.83 bits per heavy atom. The van der Waals surface area contributed by atoms with Crippen molar-refractivity contribution in [1.82, 2.24) is 0 Å². The van der Waals surface area contributed by atoms with Crippen molar-refractivity contribution in [2.45, 2.75) is 19.4 Å². The lowest BCUT2D eigenvalue weighted by Gasteiger charge is -2.22. The van der Waals surface area contributed by atoms with E-state index < -0.39 is 12.0 Å². The molecule has 1 aromatic carbocycles. The van der Waals surface area contributed by atoms with Gasteiger partial charge in [0.1, 0.15) is 12.6 Å². The molecule has 0 aliphatic carbocycles. The normalized spacial score (nSPS) is 17.6. The number of amides is 1. The highest BCUT2D eigenvalue weighted by Crippen LogP contribution is 2.32. The van der Waals surface area contributed by atoms with Crippen LogP contribution in [0.2, 0.25) is 0 Å². The van der Waals surface area contributed by atoms with Crippen LogP contribution in [-0.4, -0.2) is 36.2 Å². The van der Waals surface area contributed by atoms with Crippen LogP contribution in [-0.2, 0) is 20.7 Å². The molecule has 18 heavy (non-hydrogen) atoms. The highest BCUT2D eigenvalue weighted by Gasteiger charge is 2.37. The number of carboxylic acids is 1. The van der Waals surface area contributed by atoms with E-state index in [1.807, 2.05) is 12.1 Å². The number of ether oxygens (including phenoxy) is 1. The molecule has 1 aliphatic rings. The lowest BCUT2D eigenvalue weighted by Crippen LogP contribution is -2.44. The van der Waals surface area contributed by atoms with E-state index in [4.69, 9.17) is 4.74 Å². The number of nitrogens with zero attached hydrogens (tertiary/aromatic N) is 1. The summed E-state index contributed by atoms with van der Waals surface area (Å²) in [6.45, 7) is 2.13. The summed E-state index contributed by atoms with van der Waals surface area (Å²) in [5.41, 5.74) is 1.56. The predicted octanol–water partition coefficient (Wildman–Crippen LogP) is 1.07. The SMILES string of the molecule is CCOCC(=O)N1c2ccccc2C[C@H]1C(=O)O. The van der Waals surface area contributed by atoms with E-state index in [9.17, 15) is 14.7 Å². The van der Waals surface area contributed by atoms with Gasteiger partial charge in [0.25, 0.3) is 5.91 Å². The van der Waals surface area contributed by atoms with Crippen LogP contribution >= 0.6 is 0 Å². The minimum Gasteiger partial charge on any atom is -0.480 e. The highest BCUT2D eigenvalue weighted by molar-refractivity contribution is 6.02. The van der Waals surface area contributed by atoms with Gasteiger partial charge in [-0.05, 0) is 18.6 Å². The van der Waals surface area contributed by atoms with Crippen molar-refractivity contribution in [3.05, 3.63) is 29.8 Å². The summed E-state index contributed by atoms with van der Waals surface area (Å²) < 4.78 is 5.07. The summed E-state index contributed by atoms with van der Waals surface area (Å²) >= 11 is 0. The first kappa shape index (κ1) is 12.6. The zero-order valence-corrected chi connectivity index (χ0v) is 10.1. The molecule has 1 aromatic rings. The van der Waals surface area contributed by atoms with Gasteiger partial charge in [0.05, 0.1) is 0 Å². The second-order valence-electron chi connectivity index (χ2n) is 4.09. The number of carbonyl (C=O) groups is 2. The Labute approximate surface area is 105 Å². The third-order valence-electron chi connectivity index (χ3n) is 2.96. The number of para-hydroxylation sites is 1. The number of carbonyl (C=O) groups excluding carboxylic acids is 1. The van der Waals surface area contributed by atoms with E-state index in [0.717, 1.165) is 5.56 Å². The zero-order chi connectivity index (χ0) is 13.1. The van der Waals surface area contributed by atoms with Gasteiger partial charge < -0.3 is 9.84 Å². The van der Waals surface area contributed by atoms with Crippen molar-refractivity contribution >= 4 is 17.6 Å². The summed E-state index contributed by atoms with van der Waals surface area (Å²) in [6, 6.07) is 6.43. The largest absolute Gasteiger partial charge is 0.480 e. The maximum atomic E-state index is 12.0. The molecule has 2 rings (SSSR count). The summed E-state index contributed by atoms with van der Waals surface area (Å²) in [5, 5.41) is 9.20. The summed E-state index contributed by atoms with van der Waals surface area (Å²) in [4.78, 5) is 24.6. The first-order valence-electron chi connectivity index (χ1n) is 5.85. The molecule has 1 amide bonds. The standard InChI is InChI=1S/C13H15NO4/c1-2-18-8-12(15)14-10-6-4-3-5-9(10)7-11(14)13(16)17/h3-6,11H,2,7-8H2,1H3,(H,16,17)/t11-/m0/s1. The van der Waals surface area contributed by atoms with Gasteiger partial charge >= 0.3 is 5.97 Å². The number of hydrogen-bond acceptors (Lipinski definition) is 3. The van der Waals surface area contributed by atoms with Gasteiger partial charge in [0.15, 0.2) is 0 Å². The molecule has 1 N–H and O–H groups in total. The molecule has 96 valence electrons. The maximum Gasteiger partial charge on any atom is 0.327 e. The Hall–Kier alpha value is -1.88. The summed E-state index contributed by atoms with van der Waals surface area (Å²) in [7, 11) is 0. The Morgan fingerprint density at radius 2 is 2.17 bits per heavy atom. The third kappa shape index (κ3) is 2.22. The molecule has 1 heterocycles. The molecular weight excluding hydrogens is 234 g/mol. The molecule has 0 bridgehead atoms. The third-order valence-corrected chi connectivity index (χ3v) is 2.96. The van der Waals surface area contributed by atoms with E-state index in [2.05, 4.69) is 0 Å². The van der Waals surface area contributed by atoms with Crippen LogP contribution in [0, 0.1) is 0 Å². The number of hydrogen-bond donors (Lipinski definition) is 1. The van der Waals surface area contributed by atoms with Crippen LogP contribution in [0.4, 0.5) is 5.69 Å². The molecule has 0 fully saturated rings. The second-order valence-corrected chi connectivity index (χ2v) is 4.09. The number of aliphatic carboxylic acids is 1. The molecule has 0 saturated heterocycles. The summed E-state index contributed by atoms with van der Waals surface area (Å²) in [5.74, 6) is -1.30. The van der Waals surface area contributed by atoms with E-state index in [0.29, 0.717) is 18.7 Å². The molecule has 5 nitrogen and oxygen atoms in total. The van der Waals surface area contributed by atoms with Gasteiger partial charge in [0.2, 0.25) is 0 Å². The van der Waals surface area contributed by atoms with Crippen molar-refractivity contribution in [2.24, 2.45) is 0 Å². The molecule has 1 aliphatic heterocycles. The van der Waals surface area contributed by atoms with Gasteiger partial charge in [0, 0.05) is 18.7 Å². The van der Waals surface area contributed by atoms with Gasteiger partial charge in [-0.3, -0.25) is 9.69 Å². The van der Waals surface area contributed by atoms with Crippen LogP contribution in [0.15, 0.2) is 24.3 Å².